The van der Waals surface area contributed by atoms with Crippen LogP contribution in [0.4, 0.5) is 4.79 Å². The van der Waals surface area contributed by atoms with Crippen molar-refractivity contribution in [1.29, 1.82) is 0 Å². The molecule has 1 heterocycles. The Labute approximate surface area is 60.2 Å². The number of likely N-dealkylation sites (tertiary alicyclic amines) is 1. The number of hydrogen-bond donors (Lipinski definition) is 1. The quantitative estimate of drug-likeness (QED) is 0.563. The first-order chi connectivity index (χ1) is 4.77. The number of hydrogen-bond acceptors (Lipinski definition) is 1. The zero-order chi connectivity index (χ0) is 7.14. The summed E-state index contributed by atoms with van der Waals surface area (Å²) in [5.74, 6) is 1.71. The van der Waals surface area contributed by atoms with Crippen molar-refractivity contribution < 1.29 is 4.79 Å². The van der Waals surface area contributed by atoms with E-state index in [1.165, 1.54) is 12.8 Å². The minimum Gasteiger partial charge on any atom is -0.351 e. The van der Waals surface area contributed by atoms with Crippen molar-refractivity contribution in [3.05, 3.63) is 0 Å². The van der Waals surface area contributed by atoms with Crippen LogP contribution in [-0.2, 0) is 0 Å². The normalized spacial score (nSPS) is 26.2. The number of carbonyl (C=O) groups is 1. The molecule has 3 nitrogen and oxygen atoms in total. The summed E-state index contributed by atoms with van der Waals surface area (Å²) in [5.41, 5.74) is 5.07. The minimum atomic E-state index is -0.253. The summed E-state index contributed by atoms with van der Waals surface area (Å²) in [6, 6.07) is -0.253. The predicted molar refractivity (Wildman–Crippen MR) is 37.4 cm³/mol. The molecule has 0 unspecified atom stereocenters. The number of urea groups is 1. The molecule has 0 bridgehead atoms. The predicted octanol–water partition coefficient (Wildman–Crippen LogP) is 0.407. The lowest BCUT2D eigenvalue weighted by Gasteiger charge is -2.38. The highest BCUT2D eigenvalue weighted by molar-refractivity contribution is 5.72. The van der Waals surface area contributed by atoms with E-state index in [9.17, 15) is 4.79 Å². The van der Waals surface area contributed by atoms with Gasteiger partial charge in [-0.05, 0) is 24.7 Å². The van der Waals surface area contributed by atoms with Crippen LogP contribution in [0.1, 0.15) is 12.8 Å². The number of nitrogens with zero attached hydrogens (tertiary/aromatic N) is 1. The van der Waals surface area contributed by atoms with E-state index in [-0.39, 0.29) is 6.03 Å². The summed E-state index contributed by atoms with van der Waals surface area (Å²) in [6.07, 6.45) is 2.74. The summed E-state index contributed by atoms with van der Waals surface area (Å²) in [6.45, 7) is 1.83. The van der Waals surface area contributed by atoms with Gasteiger partial charge in [0.25, 0.3) is 0 Å². The molecule has 1 aliphatic heterocycles. The zero-order valence-corrected chi connectivity index (χ0v) is 5.92. The van der Waals surface area contributed by atoms with Gasteiger partial charge in [0.05, 0.1) is 0 Å². The third kappa shape index (κ3) is 0.856. The molecule has 1 aliphatic carbocycles. The maximum absolute atomic E-state index is 10.5. The average Bonchev–Trinajstić information content (AvgIpc) is 2.42. The standard InChI is InChI=1S/C7H12N2O/c8-7(10)9-3-6(4-9)5-1-2-5/h5-6H,1-4H2,(H2,8,10). The van der Waals surface area contributed by atoms with Gasteiger partial charge in [0.1, 0.15) is 0 Å². The van der Waals surface area contributed by atoms with Crippen LogP contribution in [-0.4, -0.2) is 24.0 Å². The lowest BCUT2D eigenvalue weighted by atomic mass is 9.95. The molecule has 2 fully saturated rings. The van der Waals surface area contributed by atoms with Crippen LogP contribution in [0.15, 0.2) is 0 Å². The molecule has 2 aliphatic rings. The van der Waals surface area contributed by atoms with Gasteiger partial charge in [0, 0.05) is 13.1 Å². The Morgan fingerprint density at radius 1 is 1.30 bits per heavy atom. The molecule has 1 saturated carbocycles. The van der Waals surface area contributed by atoms with Crippen molar-refractivity contribution in [3.63, 3.8) is 0 Å². The number of carbonyl (C=O) groups excluding carboxylic acids is 1. The Hall–Kier alpha value is -0.730. The smallest absolute Gasteiger partial charge is 0.314 e. The molecule has 10 heavy (non-hydrogen) atoms. The van der Waals surface area contributed by atoms with Crippen molar-refractivity contribution in [1.82, 2.24) is 4.90 Å². The van der Waals surface area contributed by atoms with E-state index in [0.717, 1.165) is 24.9 Å². The van der Waals surface area contributed by atoms with Gasteiger partial charge >= 0.3 is 6.03 Å². The van der Waals surface area contributed by atoms with E-state index in [1.807, 2.05) is 0 Å². The fourth-order valence-corrected chi connectivity index (χ4v) is 1.56. The van der Waals surface area contributed by atoms with Gasteiger partial charge in [-0.25, -0.2) is 4.79 Å². The van der Waals surface area contributed by atoms with Gasteiger partial charge in [-0.3, -0.25) is 0 Å². The maximum Gasteiger partial charge on any atom is 0.314 e. The molecular weight excluding hydrogens is 128 g/mol. The SMILES string of the molecule is NC(=O)N1CC(C2CC2)C1. The van der Waals surface area contributed by atoms with Crippen molar-refractivity contribution in [3.8, 4) is 0 Å². The maximum atomic E-state index is 10.5. The lowest BCUT2D eigenvalue weighted by Crippen LogP contribution is -2.52. The second-order valence-electron chi connectivity index (χ2n) is 3.34. The highest BCUT2D eigenvalue weighted by Gasteiger charge is 2.40. The van der Waals surface area contributed by atoms with Gasteiger partial charge in [0.2, 0.25) is 0 Å². The van der Waals surface area contributed by atoms with E-state index >= 15 is 0 Å². The Morgan fingerprint density at radius 2 is 1.90 bits per heavy atom. The van der Waals surface area contributed by atoms with Gasteiger partial charge in [-0.15, -0.1) is 0 Å². The number of amides is 2. The fraction of sp³-hybridized carbons (Fsp3) is 0.857. The Balaban J connectivity index is 1.77. The molecule has 0 atom stereocenters. The fourth-order valence-electron chi connectivity index (χ4n) is 1.56. The van der Waals surface area contributed by atoms with E-state index in [4.69, 9.17) is 5.73 Å². The molecule has 0 aromatic rings. The van der Waals surface area contributed by atoms with Gasteiger partial charge in [-0.2, -0.15) is 0 Å². The van der Waals surface area contributed by atoms with Crippen LogP contribution in [0, 0.1) is 11.8 Å². The first-order valence-electron chi connectivity index (χ1n) is 3.82. The van der Waals surface area contributed by atoms with Crippen molar-refractivity contribution >= 4 is 6.03 Å². The molecule has 0 aromatic carbocycles. The summed E-state index contributed by atoms with van der Waals surface area (Å²) in [5, 5.41) is 0. The van der Waals surface area contributed by atoms with Crippen LogP contribution in [0.25, 0.3) is 0 Å². The lowest BCUT2D eigenvalue weighted by molar-refractivity contribution is 0.115. The molecule has 56 valence electrons. The molecule has 1 saturated heterocycles. The summed E-state index contributed by atoms with van der Waals surface area (Å²) >= 11 is 0. The molecule has 2 amide bonds. The van der Waals surface area contributed by atoms with E-state index < -0.39 is 0 Å². The average molecular weight is 140 g/mol. The van der Waals surface area contributed by atoms with Gasteiger partial charge in [0.15, 0.2) is 0 Å². The van der Waals surface area contributed by atoms with Gasteiger partial charge in [-0.1, -0.05) is 0 Å². The van der Waals surface area contributed by atoms with Crippen LogP contribution in [0.2, 0.25) is 0 Å². The van der Waals surface area contributed by atoms with Crippen LogP contribution in [0.3, 0.4) is 0 Å². The van der Waals surface area contributed by atoms with E-state index in [1.54, 1.807) is 4.90 Å². The topological polar surface area (TPSA) is 46.3 Å². The van der Waals surface area contributed by atoms with Gasteiger partial charge < -0.3 is 10.6 Å². The summed E-state index contributed by atoms with van der Waals surface area (Å²) in [4.78, 5) is 12.2. The van der Waals surface area contributed by atoms with Crippen LogP contribution >= 0.6 is 0 Å². The third-order valence-electron chi connectivity index (χ3n) is 2.51. The van der Waals surface area contributed by atoms with Crippen molar-refractivity contribution in [2.24, 2.45) is 17.6 Å². The summed E-state index contributed by atoms with van der Waals surface area (Å²) < 4.78 is 0. The van der Waals surface area contributed by atoms with Crippen molar-refractivity contribution in [2.75, 3.05) is 13.1 Å². The second-order valence-corrected chi connectivity index (χ2v) is 3.34. The molecule has 3 heteroatoms. The molecule has 0 aromatic heterocycles. The zero-order valence-electron chi connectivity index (χ0n) is 5.92. The molecular formula is C7H12N2O. The van der Waals surface area contributed by atoms with Crippen molar-refractivity contribution in [2.45, 2.75) is 12.8 Å². The number of primary amides is 1. The van der Waals surface area contributed by atoms with E-state index in [2.05, 4.69) is 0 Å². The number of rotatable bonds is 1. The Bertz CT molecular complexity index is 159. The monoisotopic (exact) mass is 140 g/mol. The van der Waals surface area contributed by atoms with Crippen LogP contribution < -0.4 is 5.73 Å². The Morgan fingerprint density at radius 3 is 2.30 bits per heavy atom. The molecule has 0 spiro atoms. The summed E-state index contributed by atoms with van der Waals surface area (Å²) in [7, 11) is 0. The number of nitrogens with two attached hydrogens (primary N) is 1. The first kappa shape index (κ1) is 6.01. The largest absolute Gasteiger partial charge is 0.351 e. The molecule has 2 N–H and O–H groups in total. The minimum absolute atomic E-state index is 0.253. The second kappa shape index (κ2) is 1.87. The first-order valence-corrected chi connectivity index (χ1v) is 3.82. The highest BCUT2D eigenvalue weighted by atomic mass is 16.2. The van der Waals surface area contributed by atoms with E-state index in [0.29, 0.717) is 0 Å². The molecule has 2 rings (SSSR count). The highest BCUT2D eigenvalue weighted by Crippen LogP contribution is 2.40. The third-order valence-corrected chi connectivity index (χ3v) is 2.51. The van der Waals surface area contributed by atoms with Crippen LogP contribution in [0.5, 0.6) is 0 Å². The Kier molecular flexibility index (Phi) is 1.13. The molecule has 0 radical (unpaired) electrons.